The molecule has 2 nitrogen and oxygen atoms in total. The van der Waals surface area contributed by atoms with Crippen molar-refractivity contribution in [3.8, 4) is 0 Å². The van der Waals surface area contributed by atoms with E-state index in [1.807, 2.05) is 30.3 Å². The third-order valence-electron chi connectivity index (χ3n) is 1.78. The topological polar surface area (TPSA) is 34.1 Å². The Labute approximate surface area is 99.3 Å². The lowest BCUT2D eigenvalue weighted by Gasteiger charge is -2.02. The standard InChI is InChI=1S/C10H13ClO2S2/c11-7-4-8-15(12,13)14-9-10-5-2-1-3-6-10/h1-3,5-6H,4,7-9H2. The predicted octanol–water partition coefficient (Wildman–Crippen LogP) is 2.88. The first-order valence-corrected chi connectivity index (χ1v) is 8.30. The van der Waals surface area contributed by atoms with Crippen molar-refractivity contribution in [3.63, 3.8) is 0 Å². The average Bonchev–Trinajstić information content (AvgIpc) is 2.25. The van der Waals surface area contributed by atoms with Crippen LogP contribution < -0.4 is 0 Å². The lowest BCUT2D eigenvalue weighted by atomic mass is 10.2. The molecule has 0 unspecified atom stereocenters. The van der Waals surface area contributed by atoms with Crippen molar-refractivity contribution in [2.45, 2.75) is 12.2 Å². The molecule has 0 bridgehead atoms. The van der Waals surface area contributed by atoms with Gasteiger partial charge in [0, 0.05) is 11.6 Å². The number of hydrogen-bond donors (Lipinski definition) is 0. The molecule has 0 heterocycles. The van der Waals surface area contributed by atoms with Crippen molar-refractivity contribution >= 4 is 31.3 Å². The molecule has 0 saturated carbocycles. The van der Waals surface area contributed by atoms with Crippen LogP contribution >= 0.6 is 22.4 Å². The second-order valence-corrected chi connectivity index (χ2v) is 7.71. The van der Waals surface area contributed by atoms with E-state index < -0.39 is 8.87 Å². The Kier molecular flexibility index (Phi) is 5.50. The van der Waals surface area contributed by atoms with E-state index >= 15 is 0 Å². The molecule has 0 atom stereocenters. The summed E-state index contributed by atoms with van der Waals surface area (Å²) in [7, 11) is -2.02. The first kappa shape index (κ1) is 12.9. The van der Waals surface area contributed by atoms with Crippen LogP contribution in [0.4, 0.5) is 0 Å². The molecular weight excluding hydrogens is 252 g/mol. The Morgan fingerprint density at radius 2 is 1.87 bits per heavy atom. The van der Waals surface area contributed by atoms with E-state index in [4.69, 9.17) is 11.6 Å². The van der Waals surface area contributed by atoms with E-state index in [1.54, 1.807) is 0 Å². The summed E-state index contributed by atoms with van der Waals surface area (Å²) in [5, 5.41) is 0. The number of rotatable bonds is 6. The second-order valence-electron chi connectivity index (χ2n) is 3.05. The van der Waals surface area contributed by atoms with Gasteiger partial charge in [-0.3, -0.25) is 0 Å². The zero-order chi connectivity index (χ0) is 11.1. The molecule has 0 radical (unpaired) electrons. The van der Waals surface area contributed by atoms with Crippen LogP contribution in [-0.2, 0) is 14.6 Å². The van der Waals surface area contributed by atoms with Gasteiger partial charge in [0.05, 0.1) is 5.75 Å². The van der Waals surface area contributed by atoms with Crippen molar-refractivity contribution in [1.82, 2.24) is 0 Å². The van der Waals surface area contributed by atoms with Crippen molar-refractivity contribution < 1.29 is 8.42 Å². The first-order chi connectivity index (χ1) is 7.14. The molecule has 5 heteroatoms. The largest absolute Gasteiger partial charge is 0.217 e. The van der Waals surface area contributed by atoms with Crippen LogP contribution in [0.3, 0.4) is 0 Å². The molecule has 1 rings (SSSR count). The van der Waals surface area contributed by atoms with Gasteiger partial charge in [0.15, 0.2) is 0 Å². The van der Waals surface area contributed by atoms with E-state index in [0.717, 1.165) is 16.4 Å². The number of hydrogen-bond acceptors (Lipinski definition) is 3. The van der Waals surface area contributed by atoms with E-state index in [1.165, 1.54) is 0 Å². The minimum Gasteiger partial charge on any atom is -0.217 e. The first-order valence-electron chi connectivity index (χ1n) is 4.61. The van der Waals surface area contributed by atoms with Crippen LogP contribution in [0.25, 0.3) is 0 Å². The summed E-state index contributed by atoms with van der Waals surface area (Å²) < 4.78 is 22.9. The van der Waals surface area contributed by atoms with Crippen LogP contribution in [0.1, 0.15) is 12.0 Å². The lowest BCUT2D eigenvalue weighted by Crippen LogP contribution is -2.02. The predicted molar refractivity (Wildman–Crippen MR) is 66.9 cm³/mol. The summed E-state index contributed by atoms with van der Waals surface area (Å²) in [6, 6.07) is 9.56. The quantitative estimate of drug-likeness (QED) is 0.585. The Balaban J connectivity index is 2.43. The van der Waals surface area contributed by atoms with Crippen molar-refractivity contribution in [2.24, 2.45) is 0 Å². The Morgan fingerprint density at radius 1 is 1.20 bits per heavy atom. The lowest BCUT2D eigenvalue weighted by molar-refractivity contribution is 0.609. The minimum atomic E-state index is -3.01. The van der Waals surface area contributed by atoms with Gasteiger partial charge in [-0.1, -0.05) is 30.3 Å². The van der Waals surface area contributed by atoms with Crippen molar-refractivity contribution in [2.75, 3.05) is 11.6 Å². The van der Waals surface area contributed by atoms with Gasteiger partial charge in [0.2, 0.25) is 8.87 Å². The van der Waals surface area contributed by atoms with Gasteiger partial charge in [0.25, 0.3) is 0 Å². The highest BCUT2D eigenvalue weighted by Crippen LogP contribution is 2.20. The van der Waals surface area contributed by atoms with E-state index in [2.05, 4.69) is 0 Å². The van der Waals surface area contributed by atoms with Crippen molar-refractivity contribution in [1.29, 1.82) is 0 Å². The third kappa shape index (κ3) is 5.44. The molecule has 0 aromatic heterocycles. The highest BCUT2D eigenvalue weighted by Gasteiger charge is 2.10. The molecule has 84 valence electrons. The van der Waals surface area contributed by atoms with Gasteiger partial charge in [0.1, 0.15) is 0 Å². The summed E-state index contributed by atoms with van der Waals surface area (Å²) in [4.78, 5) is 0. The zero-order valence-corrected chi connectivity index (χ0v) is 10.6. The molecule has 0 fully saturated rings. The average molecular weight is 265 g/mol. The number of alkyl halides is 1. The fourth-order valence-corrected chi connectivity index (χ4v) is 4.09. The highest BCUT2D eigenvalue weighted by atomic mass is 35.5. The highest BCUT2D eigenvalue weighted by molar-refractivity contribution is 8.71. The van der Waals surface area contributed by atoms with E-state index in [9.17, 15) is 8.42 Å². The van der Waals surface area contributed by atoms with Crippen LogP contribution in [0.5, 0.6) is 0 Å². The summed E-state index contributed by atoms with van der Waals surface area (Å²) >= 11 is 5.45. The SMILES string of the molecule is O=S(=O)(CCCCl)SCc1ccccc1. The number of benzene rings is 1. The van der Waals surface area contributed by atoms with Gasteiger partial charge in [-0.25, -0.2) is 8.42 Å². The number of halogens is 1. The summed E-state index contributed by atoms with van der Waals surface area (Å²) in [5.74, 6) is 1.06. The van der Waals surface area contributed by atoms with E-state index in [0.29, 0.717) is 18.1 Å². The summed E-state index contributed by atoms with van der Waals surface area (Å²) in [6.45, 7) is 0. The Hall–Kier alpha value is -0.190. The third-order valence-corrected chi connectivity index (χ3v) is 5.57. The minimum absolute atomic E-state index is 0.161. The van der Waals surface area contributed by atoms with Crippen molar-refractivity contribution in [3.05, 3.63) is 35.9 Å². The van der Waals surface area contributed by atoms with Gasteiger partial charge in [-0.2, -0.15) is 0 Å². The molecule has 0 aliphatic heterocycles. The molecule has 15 heavy (non-hydrogen) atoms. The molecule has 1 aromatic rings. The molecular formula is C10H13ClO2S2. The molecule has 0 N–H and O–H groups in total. The van der Waals surface area contributed by atoms with Gasteiger partial charge < -0.3 is 0 Å². The normalized spacial score (nSPS) is 11.5. The van der Waals surface area contributed by atoms with Gasteiger partial charge in [-0.15, -0.1) is 11.6 Å². The van der Waals surface area contributed by atoms with Crippen LogP contribution in [0, 0.1) is 0 Å². The second kappa shape index (κ2) is 6.40. The molecule has 0 aliphatic carbocycles. The van der Waals surface area contributed by atoms with Gasteiger partial charge in [-0.05, 0) is 22.8 Å². The molecule has 1 aromatic carbocycles. The van der Waals surface area contributed by atoms with Gasteiger partial charge >= 0.3 is 0 Å². The fourth-order valence-electron chi connectivity index (χ4n) is 1.02. The van der Waals surface area contributed by atoms with Crippen LogP contribution in [0.15, 0.2) is 30.3 Å². The molecule has 0 spiro atoms. The molecule has 0 amide bonds. The summed E-state index contributed by atoms with van der Waals surface area (Å²) in [5.41, 5.74) is 1.02. The van der Waals surface area contributed by atoms with Crippen LogP contribution in [0.2, 0.25) is 0 Å². The zero-order valence-electron chi connectivity index (χ0n) is 8.23. The molecule has 0 aliphatic rings. The van der Waals surface area contributed by atoms with E-state index in [-0.39, 0.29) is 5.75 Å². The Bertz CT molecular complexity index is 376. The van der Waals surface area contributed by atoms with Crippen LogP contribution in [-0.4, -0.2) is 20.1 Å². The molecule has 0 saturated heterocycles. The maximum absolute atomic E-state index is 11.5. The maximum Gasteiger partial charge on any atom is 0.201 e. The smallest absolute Gasteiger partial charge is 0.201 e. The summed E-state index contributed by atoms with van der Waals surface area (Å²) in [6.07, 6.45) is 0.520. The monoisotopic (exact) mass is 264 g/mol. The fraction of sp³-hybridized carbons (Fsp3) is 0.400. The Morgan fingerprint density at radius 3 is 2.47 bits per heavy atom. The maximum atomic E-state index is 11.5.